The van der Waals surface area contributed by atoms with Crippen LogP contribution in [0.25, 0.3) is 0 Å². The van der Waals surface area contributed by atoms with Crippen molar-refractivity contribution in [3.63, 3.8) is 0 Å². The smallest absolute Gasteiger partial charge is 0.308 e. The molecular formula is C6H5N3O2. The fourth-order valence-corrected chi connectivity index (χ4v) is 0.865. The van der Waals surface area contributed by atoms with E-state index < -0.39 is 0 Å². The minimum absolute atomic E-state index is 0.252. The monoisotopic (exact) mass is 151 g/mol. The lowest BCUT2D eigenvalue weighted by Crippen LogP contribution is -2.15. The van der Waals surface area contributed by atoms with Gasteiger partial charge in [-0.2, -0.15) is 5.10 Å². The molecule has 1 aliphatic rings. The van der Waals surface area contributed by atoms with Gasteiger partial charge in [-0.15, -0.1) is 0 Å². The van der Waals surface area contributed by atoms with Crippen molar-refractivity contribution in [2.24, 2.45) is 4.99 Å². The molecule has 0 aliphatic carbocycles. The standard InChI is InChI=1S/C6H5N3O2/c10-6-5-4(3-8-9-6)7-1-2-11-5/h1,3H,2H2,(H,9,10). The molecule has 11 heavy (non-hydrogen) atoms. The first-order valence-corrected chi connectivity index (χ1v) is 3.11. The van der Waals surface area contributed by atoms with E-state index in [9.17, 15) is 4.79 Å². The Morgan fingerprint density at radius 3 is 3.36 bits per heavy atom. The third kappa shape index (κ3) is 0.899. The van der Waals surface area contributed by atoms with Gasteiger partial charge in [0.25, 0.3) is 0 Å². The van der Waals surface area contributed by atoms with E-state index in [4.69, 9.17) is 4.74 Å². The molecule has 1 N–H and O–H groups in total. The molecule has 1 aromatic rings. The maximum Gasteiger partial charge on any atom is 0.308 e. The summed E-state index contributed by atoms with van der Waals surface area (Å²) in [7, 11) is 0. The van der Waals surface area contributed by atoms with Crippen molar-refractivity contribution in [2.45, 2.75) is 0 Å². The fraction of sp³-hybridized carbons (Fsp3) is 0.167. The van der Waals surface area contributed by atoms with Gasteiger partial charge >= 0.3 is 5.56 Å². The Hall–Kier alpha value is -1.65. The Labute approximate surface area is 61.7 Å². The summed E-state index contributed by atoms with van der Waals surface area (Å²) in [6, 6.07) is 0. The Morgan fingerprint density at radius 2 is 2.55 bits per heavy atom. The average Bonchev–Trinajstić information content (AvgIpc) is 2.06. The van der Waals surface area contributed by atoms with E-state index in [1.54, 1.807) is 6.21 Å². The second kappa shape index (κ2) is 2.19. The summed E-state index contributed by atoms with van der Waals surface area (Å²) in [5.74, 6) is 0.252. The maximum absolute atomic E-state index is 10.9. The van der Waals surface area contributed by atoms with Crippen molar-refractivity contribution < 1.29 is 4.74 Å². The second-order valence-electron chi connectivity index (χ2n) is 2.04. The number of H-pyrrole nitrogens is 1. The highest BCUT2D eigenvalue weighted by molar-refractivity contribution is 5.69. The van der Waals surface area contributed by atoms with E-state index in [-0.39, 0.29) is 11.3 Å². The summed E-state index contributed by atoms with van der Waals surface area (Å²) in [6.07, 6.45) is 3.04. The van der Waals surface area contributed by atoms with E-state index >= 15 is 0 Å². The second-order valence-corrected chi connectivity index (χ2v) is 2.04. The number of hydrogen-bond donors (Lipinski definition) is 1. The number of ether oxygens (including phenoxy) is 1. The van der Waals surface area contributed by atoms with Crippen LogP contribution in [-0.4, -0.2) is 23.0 Å². The van der Waals surface area contributed by atoms with Crippen molar-refractivity contribution in [2.75, 3.05) is 6.61 Å². The molecule has 0 unspecified atom stereocenters. The fourth-order valence-electron chi connectivity index (χ4n) is 0.865. The first-order chi connectivity index (χ1) is 5.38. The zero-order valence-corrected chi connectivity index (χ0v) is 5.57. The normalized spacial score (nSPS) is 13.8. The van der Waals surface area contributed by atoms with Crippen LogP contribution in [-0.2, 0) is 0 Å². The lowest BCUT2D eigenvalue weighted by atomic mass is 10.4. The van der Waals surface area contributed by atoms with Crippen LogP contribution in [0.2, 0.25) is 0 Å². The van der Waals surface area contributed by atoms with Crippen LogP contribution in [0.4, 0.5) is 5.69 Å². The van der Waals surface area contributed by atoms with Crippen LogP contribution in [0.1, 0.15) is 0 Å². The summed E-state index contributed by atoms with van der Waals surface area (Å²) in [5, 5.41) is 5.82. The molecule has 5 nitrogen and oxygen atoms in total. The summed E-state index contributed by atoms with van der Waals surface area (Å²) >= 11 is 0. The number of nitrogens with zero attached hydrogens (tertiary/aromatic N) is 2. The van der Waals surface area contributed by atoms with E-state index in [1.165, 1.54) is 6.20 Å². The number of nitrogens with one attached hydrogen (secondary N) is 1. The molecule has 0 radical (unpaired) electrons. The topological polar surface area (TPSA) is 67.3 Å². The van der Waals surface area contributed by atoms with Gasteiger partial charge in [0.2, 0.25) is 5.75 Å². The van der Waals surface area contributed by atoms with Gasteiger partial charge in [0.15, 0.2) is 0 Å². The predicted octanol–water partition coefficient (Wildman–Crippen LogP) is -0.135. The van der Waals surface area contributed by atoms with Gasteiger partial charge in [0, 0.05) is 6.21 Å². The highest BCUT2D eigenvalue weighted by Crippen LogP contribution is 2.22. The molecule has 0 bridgehead atoms. The molecular weight excluding hydrogens is 146 g/mol. The molecule has 1 aliphatic heterocycles. The zero-order valence-electron chi connectivity index (χ0n) is 5.57. The third-order valence-electron chi connectivity index (χ3n) is 1.32. The Morgan fingerprint density at radius 1 is 1.64 bits per heavy atom. The minimum atomic E-state index is -0.334. The first-order valence-electron chi connectivity index (χ1n) is 3.11. The quantitative estimate of drug-likeness (QED) is 0.561. The van der Waals surface area contributed by atoms with Crippen LogP contribution < -0.4 is 10.3 Å². The van der Waals surface area contributed by atoms with Gasteiger partial charge in [-0.05, 0) is 0 Å². The van der Waals surface area contributed by atoms with Gasteiger partial charge in [0.1, 0.15) is 12.3 Å². The number of aromatic nitrogens is 2. The predicted molar refractivity (Wildman–Crippen MR) is 38.5 cm³/mol. The molecule has 1 aromatic heterocycles. The number of rotatable bonds is 0. The van der Waals surface area contributed by atoms with E-state index in [2.05, 4.69) is 15.2 Å². The molecule has 0 aromatic carbocycles. The zero-order chi connectivity index (χ0) is 7.68. The van der Waals surface area contributed by atoms with Crippen molar-refractivity contribution in [1.29, 1.82) is 0 Å². The van der Waals surface area contributed by atoms with E-state index in [0.29, 0.717) is 12.3 Å². The van der Waals surface area contributed by atoms with Crippen LogP contribution in [0.3, 0.4) is 0 Å². The number of hydrogen-bond acceptors (Lipinski definition) is 4. The molecule has 0 saturated heterocycles. The van der Waals surface area contributed by atoms with Crippen molar-refractivity contribution >= 4 is 11.9 Å². The molecule has 2 heterocycles. The van der Waals surface area contributed by atoms with E-state index in [1.807, 2.05) is 0 Å². The van der Waals surface area contributed by atoms with Crippen molar-refractivity contribution in [1.82, 2.24) is 10.2 Å². The Balaban J connectivity index is 2.69. The molecule has 0 fully saturated rings. The highest BCUT2D eigenvalue weighted by atomic mass is 16.5. The van der Waals surface area contributed by atoms with Gasteiger partial charge in [-0.1, -0.05) is 0 Å². The molecule has 0 amide bonds. The molecule has 0 spiro atoms. The highest BCUT2D eigenvalue weighted by Gasteiger charge is 2.09. The van der Waals surface area contributed by atoms with Crippen LogP contribution >= 0.6 is 0 Å². The molecule has 0 atom stereocenters. The Kier molecular flexibility index (Phi) is 1.21. The van der Waals surface area contributed by atoms with Crippen LogP contribution in [0.5, 0.6) is 5.75 Å². The summed E-state index contributed by atoms with van der Waals surface area (Å²) in [4.78, 5) is 14.9. The number of aliphatic imine (C=N–C) groups is 1. The molecule has 0 saturated carbocycles. The van der Waals surface area contributed by atoms with Gasteiger partial charge in [0.05, 0.1) is 6.20 Å². The van der Waals surface area contributed by atoms with Gasteiger partial charge in [-0.25, -0.2) is 5.10 Å². The van der Waals surface area contributed by atoms with Gasteiger partial charge in [-0.3, -0.25) is 9.79 Å². The lowest BCUT2D eigenvalue weighted by molar-refractivity contribution is 0.369. The molecule has 2 rings (SSSR count). The average molecular weight is 151 g/mol. The maximum atomic E-state index is 10.9. The number of aromatic amines is 1. The molecule has 5 heteroatoms. The minimum Gasteiger partial charge on any atom is -0.480 e. The Bertz CT molecular complexity index is 355. The summed E-state index contributed by atoms with van der Waals surface area (Å²) < 4.78 is 5.02. The SMILES string of the molecule is O=c1[nH]ncc2c1OCC=N2. The lowest BCUT2D eigenvalue weighted by Gasteiger charge is -2.07. The van der Waals surface area contributed by atoms with Crippen LogP contribution in [0.15, 0.2) is 16.0 Å². The van der Waals surface area contributed by atoms with E-state index in [0.717, 1.165) is 0 Å². The number of fused-ring (bicyclic) bond motifs is 1. The summed E-state index contributed by atoms with van der Waals surface area (Å²) in [5.41, 5.74) is 0.152. The molecule has 56 valence electrons. The van der Waals surface area contributed by atoms with Crippen LogP contribution in [0, 0.1) is 0 Å². The van der Waals surface area contributed by atoms with Crippen molar-refractivity contribution in [3.8, 4) is 5.75 Å². The van der Waals surface area contributed by atoms with Gasteiger partial charge < -0.3 is 4.74 Å². The largest absolute Gasteiger partial charge is 0.480 e. The first kappa shape index (κ1) is 6.09. The third-order valence-corrected chi connectivity index (χ3v) is 1.32. The summed E-state index contributed by atoms with van der Waals surface area (Å²) in [6.45, 7) is 0.347. The van der Waals surface area contributed by atoms with Crippen molar-refractivity contribution in [3.05, 3.63) is 16.6 Å².